The lowest BCUT2D eigenvalue weighted by Crippen LogP contribution is -2.55. The van der Waals surface area contributed by atoms with E-state index in [1.54, 1.807) is 43.5 Å². The quantitative estimate of drug-likeness (QED) is 0.197. The number of rotatable bonds is 14. The number of carbonyl (C=O) groups excluding carboxylic acids is 2. The van der Waals surface area contributed by atoms with Gasteiger partial charge in [-0.1, -0.05) is 66.7 Å². The fourth-order valence-electron chi connectivity index (χ4n) is 6.61. The van der Waals surface area contributed by atoms with Crippen LogP contribution in [0.4, 0.5) is 0 Å². The molecule has 3 aromatic rings. The molecule has 6 atom stereocenters. The molecule has 0 saturated heterocycles. The van der Waals surface area contributed by atoms with Crippen LogP contribution in [-0.2, 0) is 40.6 Å². The number of nitrogens with one attached hydrogen (secondary N) is 3. The lowest BCUT2D eigenvalue weighted by molar-refractivity contribution is -0.132. The Bertz CT molecular complexity index is 1810. The summed E-state index contributed by atoms with van der Waals surface area (Å²) in [4.78, 5) is 27.3. The number of amides is 2. The molecule has 0 spiro atoms. The third-order valence-electron chi connectivity index (χ3n) is 8.88. The molecule has 6 unspecified atom stereocenters. The van der Waals surface area contributed by atoms with Crippen LogP contribution in [0, 0.1) is 11.8 Å². The molecule has 0 radical (unpaired) electrons. The van der Waals surface area contributed by atoms with Crippen LogP contribution in [0.3, 0.4) is 0 Å². The van der Waals surface area contributed by atoms with Crippen LogP contribution in [0.5, 0.6) is 0 Å². The molecule has 49 heavy (non-hydrogen) atoms. The molecule has 13 heteroatoms. The third-order valence-corrected chi connectivity index (χ3v) is 11.4. The Labute approximate surface area is 290 Å². The van der Waals surface area contributed by atoms with Gasteiger partial charge in [0.25, 0.3) is 0 Å². The highest BCUT2D eigenvalue weighted by atomic mass is 32.2. The van der Waals surface area contributed by atoms with Crippen LogP contribution >= 0.6 is 0 Å². The normalized spacial score (nSPS) is 20.7. The van der Waals surface area contributed by atoms with Crippen molar-refractivity contribution in [2.45, 2.75) is 87.6 Å². The average molecular weight is 716 g/mol. The van der Waals surface area contributed by atoms with E-state index in [2.05, 4.69) is 15.4 Å². The van der Waals surface area contributed by atoms with Crippen molar-refractivity contribution >= 4 is 42.4 Å². The van der Waals surface area contributed by atoms with Gasteiger partial charge in [-0.15, -0.1) is 0 Å². The second-order valence-corrected chi connectivity index (χ2v) is 17.9. The van der Waals surface area contributed by atoms with Gasteiger partial charge in [-0.25, -0.2) is 21.6 Å². The Balaban J connectivity index is 1.63. The predicted octanol–water partition coefficient (Wildman–Crippen LogP) is 3.36. The van der Waals surface area contributed by atoms with Crippen molar-refractivity contribution in [3.8, 4) is 0 Å². The lowest BCUT2D eigenvalue weighted by Gasteiger charge is -2.38. The molecule has 268 valence electrons. The van der Waals surface area contributed by atoms with Crippen LogP contribution in [0.15, 0.2) is 77.7 Å². The number of hydrogen-bond acceptors (Lipinski definition) is 8. The van der Waals surface area contributed by atoms with Gasteiger partial charge in [0, 0.05) is 24.0 Å². The summed E-state index contributed by atoms with van der Waals surface area (Å²) in [5, 5.41) is 18.7. The first-order valence-corrected chi connectivity index (χ1v) is 20.0. The van der Waals surface area contributed by atoms with Crippen LogP contribution in [0.1, 0.15) is 52.0 Å². The molecule has 0 aliphatic heterocycles. The van der Waals surface area contributed by atoms with Gasteiger partial charge in [-0.3, -0.25) is 9.59 Å². The number of sulfone groups is 1. The minimum Gasteiger partial charge on any atom is -0.391 e. The Morgan fingerprint density at radius 2 is 1.59 bits per heavy atom. The average Bonchev–Trinajstić information content (AvgIpc) is 3.02. The maximum absolute atomic E-state index is 13.9. The number of fused-ring (bicyclic) bond motifs is 1. The van der Waals surface area contributed by atoms with Gasteiger partial charge in [0.1, 0.15) is 6.04 Å². The molecule has 1 aliphatic rings. The van der Waals surface area contributed by atoms with Gasteiger partial charge in [0.15, 0.2) is 9.84 Å². The monoisotopic (exact) mass is 715 g/mol. The first kappa shape index (κ1) is 38.4. The zero-order valence-electron chi connectivity index (χ0n) is 28.8. The number of sulfonamides is 1. The Kier molecular flexibility index (Phi) is 12.6. The summed E-state index contributed by atoms with van der Waals surface area (Å²) in [7, 11) is -6.61. The van der Waals surface area contributed by atoms with E-state index in [-0.39, 0.29) is 41.6 Å². The predicted molar refractivity (Wildman–Crippen MR) is 190 cm³/mol. The molecule has 0 bridgehead atoms. The molecule has 2 amide bonds. The standard InChI is InChI=1S/C36H49N3O8S2/c1-36(2,3)38-34(41)29-19-18-27(47-4)21-26(29)22-32(40)30(20-24-12-7-6-8-13-24)37-35(42)31(39-48(5,43)44)23-49(45,46)33-17-11-15-25-14-9-10-16-28(25)33/h6-17,26-27,29-32,39-40H,18-23H2,1-5H3,(H,37,42)(H,38,41). The number of methoxy groups -OCH3 is 1. The Morgan fingerprint density at radius 3 is 2.24 bits per heavy atom. The first-order valence-electron chi connectivity index (χ1n) is 16.5. The smallest absolute Gasteiger partial charge is 0.239 e. The molecule has 4 rings (SSSR count). The molecule has 0 aromatic heterocycles. The molecular formula is C36H49N3O8S2. The number of ether oxygens (including phenoxy) is 1. The second kappa shape index (κ2) is 16.1. The van der Waals surface area contributed by atoms with Gasteiger partial charge < -0.3 is 20.5 Å². The van der Waals surface area contributed by atoms with Gasteiger partial charge in [-0.05, 0) is 75.8 Å². The summed E-state index contributed by atoms with van der Waals surface area (Å²) < 4.78 is 60.2. The molecule has 1 saturated carbocycles. The van der Waals surface area contributed by atoms with Crippen LogP contribution in [-0.4, -0.2) is 82.7 Å². The highest BCUT2D eigenvalue weighted by Crippen LogP contribution is 2.36. The number of benzene rings is 3. The summed E-state index contributed by atoms with van der Waals surface area (Å²) in [5.74, 6) is -2.52. The SMILES string of the molecule is COC1CCC(C(=O)NC(C)(C)C)C(CC(O)C(Cc2ccccc2)NC(=O)C(CS(=O)(=O)c2cccc3ccccc23)NS(C)(=O)=O)C1. The summed E-state index contributed by atoms with van der Waals surface area (Å²) in [5.41, 5.74) is 0.346. The molecule has 4 N–H and O–H groups in total. The van der Waals surface area contributed by atoms with Gasteiger partial charge in [0.05, 0.1) is 35.2 Å². The fraction of sp³-hybridized carbons (Fsp3) is 0.500. The molecule has 3 aromatic carbocycles. The molecule has 0 heterocycles. The molecule has 11 nitrogen and oxygen atoms in total. The van der Waals surface area contributed by atoms with Crippen LogP contribution in [0.2, 0.25) is 0 Å². The van der Waals surface area contributed by atoms with E-state index < -0.39 is 55.2 Å². The zero-order chi connectivity index (χ0) is 36.0. The van der Waals surface area contributed by atoms with Crippen molar-refractivity contribution < 1.29 is 36.3 Å². The van der Waals surface area contributed by atoms with Crippen LogP contribution in [0.25, 0.3) is 10.8 Å². The lowest BCUT2D eigenvalue weighted by atomic mass is 9.73. The number of hydrogen-bond donors (Lipinski definition) is 4. The highest BCUT2D eigenvalue weighted by molar-refractivity contribution is 7.92. The number of aliphatic hydroxyl groups excluding tert-OH is 1. The second-order valence-electron chi connectivity index (χ2n) is 14.1. The minimum atomic E-state index is -4.19. The first-order chi connectivity index (χ1) is 23.0. The van der Waals surface area contributed by atoms with Crippen LogP contribution < -0.4 is 15.4 Å². The van der Waals surface area contributed by atoms with Crippen molar-refractivity contribution in [2.24, 2.45) is 11.8 Å². The summed E-state index contributed by atoms with van der Waals surface area (Å²) in [6.07, 6.45) is 1.71. The van der Waals surface area contributed by atoms with E-state index in [0.29, 0.717) is 30.0 Å². The maximum Gasteiger partial charge on any atom is 0.239 e. The fourth-order valence-corrected chi connectivity index (χ4v) is 9.08. The highest BCUT2D eigenvalue weighted by Gasteiger charge is 2.39. The molecule has 1 aliphatic carbocycles. The van der Waals surface area contributed by atoms with E-state index in [9.17, 15) is 31.5 Å². The van der Waals surface area contributed by atoms with E-state index in [4.69, 9.17) is 4.74 Å². The Hall–Kier alpha value is -3.36. The van der Waals surface area contributed by atoms with E-state index in [1.807, 2.05) is 51.1 Å². The van der Waals surface area contributed by atoms with E-state index >= 15 is 0 Å². The van der Waals surface area contributed by atoms with Crippen molar-refractivity contribution in [1.82, 2.24) is 15.4 Å². The number of carbonyl (C=O) groups is 2. The zero-order valence-corrected chi connectivity index (χ0v) is 30.4. The molecule has 1 fully saturated rings. The van der Waals surface area contributed by atoms with E-state index in [1.165, 1.54) is 6.07 Å². The van der Waals surface area contributed by atoms with Gasteiger partial charge in [-0.2, -0.15) is 0 Å². The van der Waals surface area contributed by atoms with Crippen molar-refractivity contribution in [3.05, 3.63) is 78.4 Å². The van der Waals surface area contributed by atoms with Crippen molar-refractivity contribution in [3.63, 3.8) is 0 Å². The third kappa shape index (κ3) is 11.1. The molecular weight excluding hydrogens is 667 g/mol. The van der Waals surface area contributed by atoms with Gasteiger partial charge in [0.2, 0.25) is 21.8 Å². The summed E-state index contributed by atoms with van der Waals surface area (Å²) in [6.45, 7) is 5.72. The number of aliphatic hydroxyl groups is 1. The topological polar surface area (TPSA) is 168 Å². The summed E-state index contributed by atoms with van der Waals surface area (Å²) >= 11 is 0. The van der Waals surface area contributed by atoms with Crippen molar-refractivity contribution in [2.75, 3.05) is 19.1 Å². The minimum absolute atomic E-state index is 0.0239. The summed E-state index contributed by atoms with van der Waals surface area (Å²) in [6, 6.07) is 18.2. The van der Waals surface area contributed by atoms with Gasteiger partial charge >= 0.3 is 0 Å². The largest absolute Gasteiger partial charge is 0.391 e. The Morgan fingerprint density at radius 1 is 0.939 bits per heavy atom. The van der Waals surface area contributed by atoms with E-state index in [0.717, 1.165) is 11.8 Å². The maximum atomic E-state index is 13.9. The van der Waals surface area contributed by atoms with Crippen molar-refractivity contribution in [1.29, 1.82) is 0 Å².